The predicted octanol–water partition coefficient (Wildman–Crippen LogP) is 2.38. The van der Waals surface area contributed by atoms with Gasteiger partial charge in [0.05, 0.1) is 22.9 Å². The Hall–Kier alpha value is -0.980. The second-order valence-electron chi connectivity index (χ2n) is 3.39. The lowest BCUT2D eigenvalue weighted by Crippen LogP contribution is -2.02. The molecule has 2 rings (SSSR count). The van der Waals surface area contributed by atoms with Gasteiger partial charge in [0, 0.05) is 28.6 Å². The highest BCUT2D eigenvalue weighted by atomic mass is 79.9. The maximum absolute atomic E-state index is 11.5. The predicted molar refractivity (Wildman–Crippen MR) is 69.4 cm³/mol. The molecule has 0 aliphatic carbocycles. The molecule has 0 aromatic carbocycles. The van der Waals surface area contributed by atoms with Gasteiger partial charge >= 0.3 is 5.97 Å². The summed E-state index contributed by atoms with van der Waals surface area (Å²) in [6.45, 7) is 0.0304. The van der Waals surface area contributed by atoms with Gasteiger partial charge in [-0.3, -0.25) is 4.98 Å². The van der Waals surface area contributed by atoms with Crippen molar-refractivity contribution in [2.24, 2.45) is 0 Å². The monoisotopic (exact) mass is 315 g/mol. The summed E-state index contributed by atoms with van der Waals surface area (Å²) in [5.74, 6) is -0.392. The number of hydrogen-bond donors (Lipinski definition) is 1. The van der Waals surface area contributed by atoms with E-state index in [2.05, 4.69) is 20.9 Å². The van der Waals surface area contributed by atoms with Crippen LogP contribution in [0.15, 0.2) is 15.9 Å². The largest absolute Gasteiger partial charge is 0.465 e. The number of halogens is 1. The number of esters is 1. The Kier molecular flexibility index (Phi) is 3.76. The SMILES string of the molecule is COC(=O)c1csc2c(Br)cc(CCO)nc12. The van der Waals surface area contributed by atoms with Crippen molar-refractivity contribution in [2.45, 2.75) is 6.42 Å². The normalized spacial score (nSPS) is 10.8. The molecule has 1 N–H and O–H groups in total. The second-order valence-corrected chi connectivity index (χ2v) is 5.12. The summed E-state index contributed by atoms with van der Waals surface area (Å²) < 4.78 is 6.50. The maximum atomic E-state index is 11.5. The fraction of sp³-hybridized carbons (Fsp3) is 0.273. The molecule has 0 saturated heterocycles. The molecule has 2 aromatic rings. The first-order chi connectivity index (χ1) is 8.17. The van der Waals surface area contributed by atoms with E-state index in [0.717, 1.165) is 14.9 Å². The van der Waals surface area contributed by atoms with Gasteiger partial charge in [0.2, 0.25) is 0 Å². The van der Waals surface area contributed by atoms with E-state index >= 15 is 0 Å². The van der Waals surface area contributed by atoms with Crippen molar-refractivity contribution in [3.8, 4) is 0 Å². The van der Waals surface area contributed by atoms with Crippen LogP contribution < -0.4 is 0 Å². The summed E-state index contributed by atoms with van der Waals surface area (Å²) in [4.78, 5) is 15.9. The molecule has 0 saturated carbocycles. The molecule has 4 nitrogen and oxygen atoms in total. The number of methoxy groups -OCH3 is 1. The van der Waals surface area contributed by atoms with Gasteiger partial charge < -0.3 is 9.84 Å². The van der Waals surface area contributed by atoms with Crippen LogP contribution in [0.4, 0.5) is 0 Å². The van der Waals surface area contributed by atoms with Crippen LogP contribution in [0.1, 0.15) is 16.1 Å². The van der Waals surface area contributed by atoms with E-state index in [4.69, 9.17) is 9.84 Å². The molecule has 0 amide bonds. The number of carbonyl (C=O) groups is 1. The number of hydrogen-bond acceptors (Lipinski definition) is 5. The lowest BCUT2D eigenvalue weighted by molar-refractivity contribution is 0.0603. The van der Waals surface area contributed by atoms with Crippen molar-refractivity contribution in [1.29, 1.82) is 0 Å². The van der Waals surface area contributed by atoms with Crippen LogP contribution in [0, 0.1) is 0 Å². The highest BCUT2D eigenvalue weighted by Crippen LogP contribution is 2.32. The molecule has 0 unspecified atom stereocenters. The summed E-state index contributed by atoms with van der Waals surface area (Å²) in [5, 5.41) is 10.6. The Balaban J connectivity index is 2.61. The van der Waals surface area contributed by atoms with E-state index in [1.165, 1.54) is 18.4 Å². The molecule has 0 aliphatic rings. The number of thiophene rings is 1. The molecule has 0 aliphatic heterocycles. The summed E-state index contributed by atoms with van der Waals surface area (Å²) in [5.41, 5.74) is 1.84. The van der Waals surface area contributed by atoms with E-state index < -0.39 is 5.97 Å². The zero-order valence-corrected chi connectivity index (χ0v) is 11.5. The molecule has 90 valence electrons. The first-order valence-electron chi connectivity index (χ1n) is 4.93. The van der Waals surface area contributed by atoms with Crippen LogP contribution in [-0.2, 0) is 11.2 Å². The standard InChI is InChI=1S/C11H10BrNO3S/c1-16-11(15)7-5-17-10-8(12)4-6(2-3-14)13-9(7)10/h4-5,14H,2-3H2,1H3. The molecule has 6 heteroatoms. The van der Waals surface area contributed by atoms with E-state index in [9.17, 15) is 4.79 Å². The number of rotatable bonds is 3. The van der Waals surface area contributed by atoms with Crippen LogP contribution >= 0.6 is 27.3 Å². The Morgan fingerprint density at radius 2 is 2.41 bits per heavy atom. The van der Waals surface area contributed by atoms with Gasteiger partial charge in [-0.2, -0.15) is 0 Å². The number of carbonyl (C=O) groups excluding carboxylic acids is 1. The minimum Gasteiger partial charge on any atom is -0.465 e. The van der Waals surface area contributed by atoms with Crippen LogP contribution in [0.2, 0.25) is 0 Å². The van der Waals surface area contributed by atoms with Gasteiger partial charge in [-0.05, 0) is 22.0 Å². The molecule has 0 spiro atoms. The van der Waals surface area contributed by atoms with Crippen molar-refractivity contribution in [1.82, 2.24) is 4.98 Å². The zero-order chi connectivity index (χ0) is 12.4. The highest BCUT2D eigenvalue weighted by molar-refractivity contribution is 9.10. The molecular weight excluding hydrogens is 306 g/mol. The number of pyridine rings is 1. The number of fused-ring (bicyclic) bond motifs is 1. The smallest absolute Gasteiger partial charge is 0.340 e. The van der Waals surface area contributed by atoms with E-state index in [0.29, 0.717) is 17.5 Å². The lowest BCUT2D eigenvalue weighted by atomic mass is 10.2. The molecule has 0 radical (unpaired) electrons. The average molecular weight is 316 g/mol. The maximum Gasteiger partial charge on any atom is 0.340 e. The zero-order valence-electron chi connectivity index (χ0n) is 9.07. The van der Waals surface area contributed by atoms with E-state index in [1.807, 2.05) is 6.07 Å². The summed E-state index contributed by atoms with van der Waals surface area (Å²) in [6, 6.07) is 1.86. The number of aromatic nitrogens is 1. The molecule has 2 heterocycles. The van der Waals surface area contributed by atoms with Crippen molar-refractivity contribution >= 4 is 43.5 Å². The van der Waals surface area contributed by atoms with Gasteiger partial charge in [0.25, 0.3) is 0 Å². The first kappa shape index (κ1) is 12.5. The van der Waals surface area contributed by atoms with Crippen LogP contribution in [-0.4, -0.2) is 29.8 Å². The quantitative estimate of drug-likeness (QED) is 0.883. The number of nitrogens with zero attached hydrogens (tertiary/aromatic N) is 1. The van der Waals surface area contributed by atoms with Crippen LogP contribution in [0.3, 0.4) is 0 Å². The molecule has 0 atom stereocenters. The van der Waals surface area contributed by atoms with E-state index in [-0.39, 0.29) is 6.61 Å². The van der Waals surface area contributed by atoms with Gasteiger partial charge in [0.1, 0.15) is 0 Å². The molecule has 0 fully saturated rings. The third-order valence-electron chi connectivity index (χ3n) is 2.30. The van der Waals surface area contributed by atoms with E-state index in [1.54, 1.807) is 5.38 Å². The van der Waals surface area contributed by atoms with Gasteiger partial charge in [0.15, 0.2) is 0 Å². The molecular formula is C11H10BrNO3S. The van der Waals surface area contributed by atoms with Gasteiger partial charge in [-0.25, -0.2) is 4.79 Å². The van der Waals surface area contributed by atoms with Crippen molar-refractivity contribution < 1.29 is 14.6 Å². The highest BCUT2D eigenvalue weighted by Gasteiger charge is 2.16. The molecule has 0 bridgehead atoms. The minimum atomic E-state index is -0.392. The lowest BCUT2D eigenvalue weighted by Gasteiger charge is -2.02. The Bertz CT molecular complexity index is 567. The van der Waals surface area contributed by atoms with Crippen molar-refractivity contribution in [3.05, 3.63) is 27.2 Å². The third-order valence-corrected chi connectivity index (χ3v) is 4.19. The molecule has 17 heavy (non-hydrogen) atoms. The van der Waals surface area contributed by atoms with Gasteiger partial charge in [-0.15, -0.1) is 11.3 Å². The average Bonchev–Trinajstić information content (AvgIpc) is 2.73. The van der Waals surface area contributed by atoms with Gasteiger partial charge in [-0.1, -0.05) is 0 Å². The first-order valence-corrected chi connectivity index (χ1v) is 6.60. The Morgan fingerprint density at radius 3 is 3.06 bits per heavy atom. The number of aliphatic hydroxyl groups excluding tert-OH is 1. The van der Waals surface area contributed by atoms with Crippen LogP contribution in [0.5, 0.6) is 0 Å². The molecule has 2 aromatic heterocycles. The fourth-order valence-corrected chi connectivity index (χ4v) is 3.13. The summed E-state index contributed by atoms with van der Waals surface area (Å²) >= 11 is 4.88. The number of aliphatic hydroxyl groups is 1. The summed E-state index contributed by atoms with van der Waals surface area (Å²) in [7, 11) is 1.35. The van der Waals surface area contributed by atoms with Crippen molar-refractivity contribution in [2.75, 3.05) is 13.7 Å². The minimum absolute atomic E-state index is 0.0304. The fourth-order valence-electron chi connectivity index (χ4n) is 1.52. The topological polar surface area (TPSA) is 59.4 Å². The van der Waals surface area contributed by atoms with Crippen molar-refractivity contribution in [3.63, 3.8) is 0 Å². The third kappa shape index (κ3) is 2.34. The Labute approximate surface area is 110 Å². The number of ether oxygens (including phenoxy) is 1. The Morgan fingerprint density at radius 1 is 1.65 bits per heavy atom. The van der Waals surface area contributed by atoms with Crippen LogP contribution in [0.25, 0.3) is 10.2 Å². The summed E-state index contributed by atoms with van der Waals surface area (Å²) in [6.07, 6.45) is 0.463. The second kappa shape index (κ2) is 5.12.